The number of aliphatic hydroxyl groups is 1. The van der Waals surface area contributed by atoms with E-state index in [9.17, 15) is 14.3 Å². The lowest BCUT2D eigenvalue weighted by Crippen LogP contribution is -2.45. The predicted molar refractivity (Wildman–Crippen MR) is 80.8 cm³/mol. The number of fused-ring (bicyclic) bond motifs is 1. The lowest BCUT2D eigenvalue weighted by atomic mass is 9.85. The van der Waals surface area contributed by atoms with E-state index in [1.54, 1.807) is 12.1 Å². The van der Waals surface area contributed by atoms with Crippen LogP contribution in [-0.4, -0.2) is 30.3 Å². The average Bonchev–Trinajstić information content (AvgIpc) is 2.88. The zero-order valence-corrected chi connectivity index (χ0v) is 12.6. The molecule has 2 aliphatic rings. The molecule has 2 unspecified atom stereocenters. The van der Waals surface area contributed by atoms with Crippen molar-refractivity contribution < 1.29 is 19.0 Å². The molecule has 0 bridgehead atoms. The molecule has 1 aromatic rings. The van der Waals surface area contributed by atoms with Gasteiger partial charge in [-0.15, -0.1) is 0 Å². The summed E-state index contributed by atoms with van der Waals surface area (Å²) in [5.41, 5.74) is 0.786. The Morgan fingerprint density at radius 3 is 3.14 bits per heavy atom. The number of carbonyl (C=O) groups excluding carboxylic acids is 1. The van der Waals surface area contributed by atoms with E-state index in [4.69, 9.17) is 4.74 Å². The van der Waals surface area contributed by atoms with Crippen LogP contribution in [-0.2, 0) is 4.79 Å². The number of benzene rings is 1. The third-order valence-electron chi connectivity index (χ3n) is 4.72. The van der Waals surface area contributed by atoms with Crippen LogP contribution in [0, 0.1) is 11.2 Å². The summed E-state index contributed by atoms with van der Waals surface area (Å²) in [5.74, 6) is 0.0180. The zero-order valence-electron chi connectivity index (χ0n) is 12.6. The Balaban J connectivity index is 1.76. The molecule has 1 amide bonds. The van der Waals surface area contributed by atoms with Crippen LogP contribution < -0.4 is 10.1 Å². The van der Waals surface area contributed by atoms with Crippen LogP contribution in [0.5, 0.6) is 5.75 Å². The van der Waals surface area contributed by atoms with Gasteiger partial charge in [-0.05, 0) is 37.1 Å². The van der Waals surface area contributed by atoms with Crippen molar-refractivity contribution >= 4 is 12.0 Å². The molecule has 1 heterocycles. The maximum Gasteiger partial charge on any atom is 0.250 e. The molecule has 3 rings (SSSR count). The SMILES string of the molecule is CC1(CO)CCCC1NC(=O)C1=Cc2cc(F)ccc2OC1. The van der Waals surface area contributed by atoms with Gasteiger partial charge in [0.15, 0.2) is 0 Å². The number of ether oxygens (including phenoxy) is 1. The van der Waals surface area contributed by atoms with Gasteiger partial charge in [0.1, 0.15) is 18.2 Å². The van der Waals surface area contributed by atoms with Crippen molar-refractivity contribution in [2.45, 2.75) is 32.2 Å². The molecule has 0 spiro atoms. The van der Waals surface area contributed by atoms with Crippen molar-refractivity contribution in [3.63, 3.8) is 0 Å². The number of aliphatic hydroxyl groups excluding tert-OH is 1. The molecule has 22 heavy (non-hydrogen) atoms. The minimum atomic E-state index is -0.357. The van der Waals surface area contributed by atoms with Crippen molar-refractivity contribution in [2.75, 3.05) is 13.2 Å². The lowest BCUT2D eigenvalue weighted by Gasteiger charge is -2.30. The molecule has 0 radical (unpaired) electrons. The van der Waals surface area contributed by atoms with Gasteiger partial charge in [-0.1, -0.05) is 13.3 Å². The highest BCUT2D eigenvalue weighted by Crippen LogP contribution is 2.37. The van der Waals surface area contributed by atoms with Crippen molar-refractivity contribution in [1.82, 2.24) is 5.32 Å². The van der Waals surface area contributed by atoms with Crippen LogP contribution in [0.2, 0.25) is 0 Å². The molecule has 5 heteroatoms. The first-order valence-corrected chi connectivity index (χ1v) is 7.56. The summed E-state index contributed by atoms with van der Waals surface area (Å²) < 4.78 is 18.8. The van der Waals surface area contributed by atoms with Gasteiger partial charge in [0.05, 0.1) is 12.2 Å². The first kappa shape index (κ1) is 15.0. The first-order chi connectivity index (χ1) is 10.5. The Kier molecular flexibility index (Phi) is 3.91. The lowest BCUT2D eigenvalue weighted by molar-refractivity contribution is -0.119. The maximum atomic E-state index is 13.3. The van der Waals surface area contributed by atoms with Crippen LogP contribution in [0.3, 0.4) is 0 Å². The number of hydrogen-bond acceptors (Lipinski definition) is 3. The van der Waals surface area contributed by atoms with Gasteiger partial charge in [-0.25, -0.2) is 4.39 Å². The molecule has 1 aromatic carbocycles. The van der Waals surface area contributed by atoms with Crippen LogP contribution in [0.1, 0.15) is 31.7 Å². The van der Waals surface area contributed by atoms with Gasteiger partial charge in [0.25, 0.3) is 5.91 Å². The van der Waals surface area contributed by atoms with E-state index < -0.39 is 0 Å². The van der Waals surface area contributed by atoms with Crippen LogP contribution in [0.4, 0.5) is 4.39 Å². The fourth-order valence-corrected chi connectivity index (χ4v) is 3.20. The van der Waals surface area contributed by atoms with E-state index in [1.165, 1.54) is 12.1 Å². The van der Waals surface area contributed by atoms with E-state index in [2.05, 4.69) is 5.32 Å². The van der Waals surface area contributed by atoms with E-state index >= 15 is 0 Å². The summed E-state index contributed by atoms with van der Waals surface area (Å²) in [4.78, 5) is 12.4. The van der Waals surface area contributed by atoms with E-state index in [-0.39, 0.29) is 36.4 Å². The largest absolute Gasteiger partial charge is 0.488 e. The summed E-state index contributed by atoms with van der Waals surface area (Å²) in [6.45, 7) is 2.22. The van der Waals surface area contributed by atoms with Crippen molar-refractivity contribution in [2.24, 2.45) is 5.41 Å². The Morgan fingerprint density at radius 1 is 1.55 bits per heavy atom. The Morgan fingerprint density at radius 2 is 2.36 bits per heavy atom. The molecule has 118 valence electrons. The highest BCUT2D eigenvalue weighted by Gasteiger charge is 2.39. The van der Waals surface area contributed by atoms with E-state index in [0.29, 0.717) is 16.9 Å². The monoisotopic (exact) mass is 305 g/mol. The fourth-order valence-electron chi connectivity index (χ4n) is 3.20. The number of carbonyl (C=O) groups is 1. The van der Waals surface area contributed by atoms with Crippen molar-refractivity contribution in [3.05, 3.63) is 35.2 Å². The molecule has 1 saturated carbocycles. The summed E-state index contributed by atoms with van der Waals surface area (Å²) in [5, 5.41) is 12.5. The Bertz CT molecular complexity index is 628. The van der Waals surface area contributed by atoms with Gasteiger partial charge < -0.3 is 15.2 Å². The second-order valence-corrected chi connectivity index (χ2v) is 6.37. The summed E-state index contributed by atoms with van der Waals surface area (Å²) >= 11 is 0. The van der Waals surface area contributed by atoms with Crippen LogP contribution >= 0.6 is 0 Å². The second-order valence-electron chi connectivity index (χ2n) is 6.37. The smallest absolute Gasteiger partial charge is 0.250 e. The normalized spacial score (nSPS) is 26.9. The van der Waals surface area contributed by atoms with Crippen molar-refractivity contribution in [3.8, 4) is 5.75 Å². The molecule has 1 aliphatic carbocycles. The molecule has 1 fully saturated rings. The highest BCUT2D eigenvalue weighted by molar-refractivity contribution is 5.99. The van der Waals surface area contributed by atoms with Gasteiger partial charge in [0.2, 0.25) is 0 Å². The highest BCUT2D eigenvalue weighted by atomic mass is 19.1. The third-order valence-corrected chi connectivity index (χ3v) is 4.72. The van der Waals surface area contributed by atoms with E-state index in [0.717, 1.165) is 19.3 Å². The quantitative estimate of drug-likeness (QED) is 0.900. The minimum absolute atomic E-state index is 0.0418. The second kappa shape index (κ2) is 5.72. The minimum Gasteiger partial charge on any atom is -0.488 e. The van der Waals surface area contributed by atoms with Crippen molar-refractivity contribution in [1.29, 1.82) is 0 Å². The van der Waals surface area contributed by atoms with Crippen LogP contribution in [0.25, 0.3) is 6.08 Å². The van der Waals surface area contributed by atoms with E-state index in [1.807, 2.05) is 6.92 Å². The first-order valence-electron chi connectivity index (χ1n) is 7.56. The molecule has 0 aromatic heterocycles. The predicted octanol–water partition coefficient (Wildman–Crippen LogP) is 2.27. The Labute approximate surface area is 129 Å². The zero-order chi connectivity index (χ0) is 15.7. The molecule has 0 saturated heterocycles. The van der Waals surface area contributed by atoms with Crippen LogP contribution in [0.15, 0.2) is 23.8 Å². The number of amides is 1. The summed E-state index contributed by atoms with van der Waals surface area (Å²) in [6.07, 6.45) is 4.42. The molecule has 1 aliphatic heterocycles. The number of nitrogens with one attached hydrogen (secondary N) is 1. The molecule has 2 N–H and O–H groups in total. The fraction of sp³-hybridized carbons (Fsp3) is 0.471. The van der Waals surface area contributed by atoms with Gasteiger partial charge in [-0.3, -0.25) is 4.79 Å². The molecular formula is C17H20FNO3. The third kappa shape index (κ3) is 2.73. The standard InChI is InChI=1S/C17H20FNO3/c1-17(10-20)6-2-3-15(17)19-16(21)12-7-11-8-13(18)4-5-14(11)22-9-12/h4-5,7-8,15,20H,2-3,6,9-10H2,1H3,(H,19,21). The summed E-state index contributed by atoms with van der Waals surface area (Å²) in [7, 11) is 0. The van der Waals surface area contributed by atoms with Gasteiger partial charge in [0, 0.05) is 17.0 Å². The number of halogens is 1. The molecule has 4 nitrogen and oxygen atoms in total. The Hall–Kier alpha value is -1.88. The average molecular weight is 305 g/mol. The topological polar surface area (TPSA) is 58.6 Å². The van der Waals surface area contributed by atoms with Gasteiger partial charge >= 0.3 is 0 Å². The number of hydrogen-bond donors (Lipinski definition) is 2. The van der Waals surface area contributed by atoms with Gasteiger partial charge in [-0.2, -0.15) is 0 Å². The number of rotatable bonds is 3. The molecular weight excluding hydrogens is 285 g/mol. The summed E-state index contributed by atoms with van der Waals surface area (Å²) in [6, 6.07) is 4.22. The molecule has 2 atom stereocenters. The maximum absolute atomic E-state index is 13.3.